The van der Waals surface area contributed by atoms with Crippen molar-refractivity contribution in [2.45, 2.75) is 6.92 Å². The molecule has 0 unspecified atom stereocenters. The molecule has 112 valence electrons. The van der Waals surface area contributed by atoms with Crippen molar-refractivity contribution in [3.63, 3.8) is 0 Å². The standard InChI is InChI=1S/C17H16N2O3/c1-2-19(13-8-4-3-5-9-13)16(20)12-21-17-18-14-10-6-7-11-15(14)22-17/h3-11H,2,12H2,1H3. The van der Waals surface area contributed by atoms with Crippen LogP contribution in [0, 0.1) is 0 Å². The zero-order chi connectivity index (χ0) is 15.4. The molecule has 0 radical (unpaired) electrons. The first-order valence-electron chi connectivity index (χ1n) is 7.11. The summed E-state index contributed by atoms with van der Waals surface area (Å²) in [7, 11) is 0. The molecule has 3 aromatic rings. The van der Waals surface area contributed by atoms with Gasteiger partial charge in [-0.15, -0.1) is 0 Å². The zero-order valence-corrected chi connectivity index (χ0v) is 12.2. The summed E-state index contributed by atoms with van der Waals surface area (Å²) in [5.41, 5.74) is 2.19. The Bertz CT molecular complexity index is 735. The molecular weight excluding hydrogens is 280 g/mol. The van der Waals surface area contributed by atoms with Gasteiger partial charge in [0.05, 0.1) is 0 Å². The maximum absolute atomic E-state index is 12.3. The topological polar surface area (TPSA) is 55.6 Å². The third kappa shape index (κ3) is 2.93. The summed E-state index contributed by atoms with van der Waals surface area (Å²) in [6, 6.07) is 16.8. The number of hydrogen-bond donors (Lipinski definition) is 0. The molecule has 1 aromatic heterocycles. The Labute approximate surface area is 128 Å². The molecule has 0 saturated heterocycles. The third-order valence-corrected chi connectivity index (χ3v) is 3.28. The molecule has 22 heavy (non-hydrogen) atoms. The highest BCUT2D eigenvalue weighted by molar-refractivity contribution is 5.94. The highest BCUT2D eigenvalue weighted by atomic mass is 16.6. The average molecular weight is 296 g/mol. The first-order valence-corrected chi connectivity index (χ1v) is 7.11. The summed E-state index contributed by atoms with van der Waals surface area (Å²) in [5.74, 6) is -0.143. The minimum Gasteiger partial charge on any atom is -0.440 e. The first kappa shape index (κ1) is 14.1. The maximum atomic E-state index is 12.3. The second kappa shape index (κ2) is 6.30. The number of rotatable bonds is 5. The van der Waals surface area contributed by atoms with Gasteiger partial charge in [-0.1, -0.05) is 30.3 Å². The van der Waals surface area contributed by atoms with Gasteiger partial charge < -0.3 is 14.1 Å². The number of carbonyl (C=O) groups is 1. The van der Waals surface area contributed by atoms with Crippen LogP contribution >= 0.6 is 0 Å². The van der Waals surface area contributed by atoms with E-state index >= 15 is 0 Å². The van der Waals surface area contributed by atoms with Crippen molar-refractivity contribution in [2.75, 3.05) is 18.1 Å². The second-order valence-electron chi connectivity index (χ2n) is 4.71. The van der Waals surface area contributed by atoms with Crippen molar-refractivity contribution in [3.05, 3.63) is 54.6 Å². The number of anilines is 1. The number of nitrogens with zero attached hydrogens (tertiary/aromatic N) is 2. The highest BCUT2D eigenvalue weighted by Crippen LogP contribution is 2.20. The van der Waals surface area contributed by atoms with Crippen molar-refractivity contribution in [3.8, 4) is 6.08 Å². The Morgan fingerprint density at radius 3 is 2.59 bits per heavy atom. The molecule has 5 heteroatoms. The van der Waals surface area contributed by atoms with Gasteiger partial charge in [-0.3, -0.25) is 4.79 Å². The predicted molar refractivity (Wildman–Crippen MR) is 84.0 cm³/mol. The van der Waals surface area contributed by atoms with Gasteiger partial charge in [0.2, 0.25) is 0 Å². The van der Waals surface area contributed by atoms with Crippen LogP contribution in [0.5, 0.6) is 6.08 Å². The number of ether oxygens (including phenoxy) is 1. The van der Waals surface area contributed by atoms with E-state index in [2.05, 4.69) is 4.98 Å². The molecule has 1 heterocycles. The van der Waals surface area contributed by atoms with E-state index in [-0.39, 0.29) is 18.6 Å². The van der Waals surface area contributed by atoms with E-state index in [4.69, 9.17) is 9.15 Å². The van der Waals surface area contributed by atoms with Crippen LogP contribution < -0.4 is 9.64 Å². The van der Waals surface area contributed by atoms with Gasteiger partial charge in [-0.2, -0.15) is 4.98 Å². The van der Waals surface area contributed by atoms with Crippen LogP contribution in [-0.4, -0.2) is 24.0 Å². The molecule has 0 spiro atoms. The summed E-state index contributed by atoms with van der Waals surface area (Å²) >= 11 is 0. The number of para-hydroxylation sites is 3. The number of fused-ring (bicyclic) bond motifs is 1. The van der Waals surface area contributed by atoms with Crippen LogP contribution in [0.4, 0.5) is 5.69 Å². The Morgan fingerprint density at radius 2 is 1.86 bits per heavy atom. The number of carbonyl (C=O) groups excluding carboxylic acids is 1. The summed E-state index contributed by atoms with van der Waals surface area (Å²) in [4.78, 5) is 18.1. The number of benzene rings is 2. The predicted octanol–water partition coefficient (Wildman–Crippen LogP) is 3.26. The van der Waals surface area contributed by atoms with Gasteiger partial charge in [0.25, 0.3) is 5.91 Å². The first-order chi connectivity index (χ1) is 10.8. The zero-order valence-electron chi connectivity index (χ0n) is 12.2. The molecule has 0 aliphatic heterocycles. The molecule has 0 atom stereocenters. The number of aromatic nitrogens is 1. The van der Waals surface area contributed by atoms with E-state index in [0.717, 1.165) is 5.69 Å². The van der Waals surface area contributed by atoms with Crippen LogP contribution in [0.2, 0.25) is 0 Å². The number of amides is 1. The lowest BCUT2D eigenvalue weighted by Gasteiger charge is -2.20. The van der Waals surface area contributed by atoms with E-state index in [1.807, 2.05) is 55.5 Å². The molecule has 0 N–H and O–H groups in total. The summed E-state index contributed by atoms with van der Waals surface area (Å²) in [5, 5.41) is 0. The van der Waals surface area contributed by atoms with Gasteiger partial charge in [0.15, 0.2) is 12.2 Å². The van der Waals surface area contributed by atoms with E-state index < -0.39 is 0 Å². The molecule has 5 nitrogen and oxygen atoms in total. The van der Waals surface area contributed by atoms with Crippen LogP contribution in [0.25, 0.3) is 11.1 Å². The number of likely N-dealkylation sites (N-methyl/N-ethyl adjacent to an activating group) is 1. The maximum Gasteiger partial charge on any atom is 0.395 e. The van der Waals surface area contributed by atoms with E-state index in [1.165, 1.54) is 0 Å². The van der Waals surface area contributed by atoms with Crippen LogP contribution in [0.3, 0.4) is 0 Å². The van der Waals surface area contributed by atoms with Gasteiger partial charge in [0.1, 0.15) is 5.52 Å². The number of hydrogen-bond acceptors (Lipinski definition) is 4. The van der Waals surface area contributed by atoms with E-state index in [9.17, 15) is 4.79 Å². The Kier molecular flexibility index (Phi) is 4.05. The van der Waals surface area contributed by atoms with Crippen molar-refractivity contribution in [2.24, 2.45) is 0 Å². The molecule has 0 aliphatic carbocycles. The SMILES string of the molecule is CCN(C(=O)COc1nc2ccccc2o1)c1ccccc1. The molecule has 0 bridgehead atoms. The van der Waals surface area contributed by atoms with Crippen molar-refractivity contribution >= 4 is 22.7 Å². The summed E-state index contributed by atoms with van der Waals surface area (Å²) < 4.78 is 10.8. The van der Waals surface area contributed by atoms with Crippen molar-refractivity contribution in [1.29, 1.82) is 0 Å². The summed E-state index contributed by atoms with van der Waals surface area (Å²) in [6.45, 7) is 2.37. The minimum absolute atomic E-state index is 0.110. The smallest absolute Gasteiger partial charge is 0.395 e. The van der Waals surface area contributed by atoms with Crippen molar-refractivity contribution < 1.29 is 13.9 Å². The second-order valence-corrected chi connectivity index (χ2v) is 4.71. The van der Waals surface area contributed by atoms with Crippen LogP contribution in [0.15, 0.2) is 59.0 Å². The average Bonchev–Trinajstić information content (AvgIpc) is 2.97. The Hall–Kier alpha value is -2.82. The monoisotopic (exact) mass is 296 g/mol. The molecule has 2 aromatic carbocycles. The minimum atomic E-state index is -0.143. The molecule has 3 rings (SSSR count). The largest absolute Gasteiger partial charge is 0.440 e. The fourth-order valence-electron chi connectivity index (χ4n) is 2.23. The van der Waals surface area contributed by atoms with Gasteiger partial charge >= 0.3 is 6.08 Å². The van der Waals surface area contributed by atoms with Gasteiger partial charge in [-0.05, 0) is 31.2 Å². The Morgan fingerprint density at radius 1 is 1.14 bits per heavy atom. The van der Waals surface area contributed by atoms with Crippen LogP contribution in [0.1, 0.15) is 6.92 Å². The normalized spacial score (nSPS) is 10.6. The van der Waals surface area contributed by atoms with Crippen LogP contribution in [-0.2, 0) is 4.79 Å². The highest BCUT2D eigenvalue weighted by Gasteiger charge is 2.16. The van der Waals surface area contributed by atoms with E-state index in [1.54, 1.807) is 11.0 Å². The molecule has 0 fully saturated rings. The lowest BCUT2D eigenvalue weighted by molar-refractivity contribution is -0.120. The molecule has 1 amide bonds. The third-order valence-electron chi connectivity index (χ3n) is 3.28. The van der Waals surface area contributed by atoms with Gasteiger partial charge in [0, 0.05) is 12.2 Å². The molecular formula is C17H16N2O3. The fourth-order valence-corrected chi connectivity index (χ4v) is 2.23. The lowest BCUT2D eigenvalue weighted by atomic mass is 10.3. The number of oxazole rings is 1. The van der Waals surface area contributed by atoms with Crippen molar-refractivity contribution in [1.82, 2.24) is 4.98 Å². The molecule has 0 aliphatic rings. The lowest BCUT2D eigenvalue weighted by Crippen LogP contribution is -2.34. The molecule has 0 saturated carbocycles. The Balaban J connectivity index is 1.68. The van der Waals surface area contributed by atoms with Gasteiger partial charge in [-0.25, -0.2) is 0 Å². The quantitative estimate of drug-likeness (QED) is 0.725. The van der Waals surface area contributed by atoms with E-state index in [0.29, 0.717) is 17.6 Å². The summed E-state index contributed by atoms with van der Waals surface area (Å²) in [6.07, 6.45) is 0.110. The fraction of sp³-hybridized carbons (Fsp3) is 0.176.